The lowest BCUT2D eigenvalue weighted by Gasteiger charge is -2.62. The summed E-state index contributed by atoms with van der Waals surface area (Å²) in [5.74, 6) is 1.12. The molecule has 0 heterocycles. The van der Waals surface area contributed by atoms with E-state index in [1.54, 1.807) is 0 Å². The Balaban J connectivity index is 1.62. The number of fused-ring (bicyclic) bond motifs is 5. The summed E-state index contributed by atoms with van der Waals surface area (Å²) in [7, 11) is 0. The fraction of sp³-hybridized carbons (Fsp3) is 0.880. The molecule has 4 aliphatic rings. The summed E-state index contributed by atoms with van der Waals surface area (Å²) in [4.78, 5) is 35.2. The second-order valence-electron chi connectivity index (χ2n) is 11.3. The van der Waals surface area contributed by atoms with Gasteiger partial charge in [0.25, 0.3) is 0 Å². The number of esters is 3. The predicted octanol–water partition coefficient (Wildman–Crippen LogP) is 4.43. The van der Waals surface area contributed by atoms with Crippen LogP contribution in [0.5, 0.6) is 0 Å². The highest BCUT2D eigenvalue weighted by atomic mass is 16.6. The third kappa shape index (κ3) is 4.11. The lowest BCUT2D eigenvalue weighted by atomic mass is 9.44. The van der Waals surface area contributed by atoms with Crippen molar-refractivity contribution in [1.82, 2.24) is 0 Å². The zero-order valence-electron chi connectivity index (χ0n) is 19.6. The van der Waals surface area contributed by atoms with Crippen LogP contribution in [-0.4, -0.2) is 36.2 Å². The largest absolute Gasteiger partial charge is 0.463 e. The van der Waals surface area contributed by atoms with Gasteiger partial charge in [0.15, 0.2) is 0 Å². The van der Waals surface area contributed by atoms with Crippen LogP contribution in [0.2, 0.25) is 0 Å². The molecule has 4 fully saturated rings. The molecule has 174 valence electrons. The van der Waals surface area contributed by atoms with Crippen molar-refractivity contribution in [2.75, 3.05) is 0 Å². The van der Waals surface area contributed by atoms with Crippen molar-refractivity contribution in [2.24, 2.45) is 34.5 Å². The predicted molar refractivity (Wildman–Crippen MR) is 114 cm³/mol. The fourth-order valence-corrected chi connectivity index (χ4v) is 8.31. The molecule has 31 heavy (non-hydrogen) atoms. The number of rotatable bonds is 3. The van der Waals surface area contributed by atoms with Gasteiger partial charge in [-0.15, -0.1) is 0 Å². The van der Waals surface area contributed by atoms with Crippen molar-refractivity contribution in [3.63, 3.8) is 0 Å². The molecule has 0 aromatic carbocycles. The molecular weight excluding hydrogens is 396 g/mol. The van der Waals surface area contributed by atoms with E-state index >= 15 is 0 Å². The van der Waals surface area contributed by atoms with Crippen LogP contribution in [0, 0.1) is 34.5 Å². The average molecular weight is 435 g/mol. The number of hydrogen-bond donors (Lipinski definition) is 0. The summed E-state index contributed by atoms with van der Waals surface area (Å²) < 4.78 is 17.3. The Labute approximate surface area is 185 Å². The van der Waals surface area contributed by atoms with Crippen molar-refractivity contribution in [1.29, 1.82) is 0 Å². The van der Waals surface area contributed by atoms with Gasteiger partial charge in [-0.25, -0.2) is 0 Å². The van der Waals surface area contributed by atoms with Gasteiger partial charge in [-0.1, -0.05) is 13.8 Å². The third-order valence-electron chi connectivity index (χ3n) is 9.23. The Morgan fingerprint density at radius 1 is 0.774 bits per heavy atom. The highest BCUT2D eigenvalue weighted by Crippen LogP contribution is 2.67. The smallest absolute Gasteiger partial charge is 0.302 e. The van der Waals surface area contributed by atoms with Gasteiger partial charge in [0.1, 0.15) is 18.3 Å². The summed E-state index contributed by atoms with van der Waals surface area (Å²) in [6.07, 6.45) is 7.48. The summed E-state index contributed by atoms with van der Waals surface area (Å²) >= 11 is 0. The van der Waals surface area contributed by atoms with Crippen molar-refractivity contribution < 1.29 is 28.6 Å². The first-order valence-corrected chi connectivity index (χ1v) is 12.0. The average Bonchev–Trinajstić information content (AvgIpc) is 2.95. The molecule has 0 amide bonds. The quantitative estimate of drug-likeness (QED) is 0.483. The maximum atomic E-state index is 12.1. The SMILES string of the molecule is CC(=O)O[C@@H]1CC[C@@]2(C)[C@@H](CC[C@H]3[C@@H]2[C@H](OC(C)=O)C[C@@]2(C)C[C@@H](OC(C)=O)C[C@@H]32)C1. The summed E-state index contributed by atoms with van der Waals surface area (Å²) in [5, 5.41) is 0. The fourth-order valence-electron chi connectivity index (χ4n) is 8.31. The Hall–Kier alpha value is -1.59. The first-order chi connectivity index (χ1) is 14.5. The van der Waals surface area contributed by atoms with Crippen molar-refractivity contribution >= 4 is 17.9 Å². The van der Waals surface area contributed by atoms with E-state index in [9.17, 15) is 14.4 Å². The normalized spacial score (nSPS) is 46.2. The molecule has 0 saturated heterocycles. The molecule has 4 saturated carbocycles. The zero-order valence-corrected chi connectivity index (χ0v) is 19.6. The molecule has 9 atom stereocenters. The zero-order chi connectivity index (χ0) is 22.6. The van der Waals surface area contributed by atoms with Gasteiger partial charge < -0.3 is 14.2 Å². The monoisotopic (exact) mass is 434 g/mol. The molecule has 4 aliphatic carbocycles. The van der Waals surface area contributed by atoms with Crippen molar-refractivity contribution in [2.45, 2.75) is 104 Å². The molecule has 0 N–H and O–H groups in total. The van der Waals surface area contributed by atoms with Crippen LogP contribution in [0.15, 0.2) is 0 Å². The topological polar surface area (TPSA) is 78.9 Å². The van der Waals surface area contributed by atoms with Gasteiger partial charge in [-0.05, 0) is 80.0 Å². The van der Waals surface area contributed by atoms with Crippen molar-refractivity contribution in [3.8, 4) is 0 Å². The standard InChI is InChI=1S/C25H38O6/c1-14(26)29-18-8-9-25(5)17(10-18)6-7-20-21-11-19(30-15(2)27)12-24(21,4)13-22(23(20)25)31-16(3)28/h17-23H,6-13H2,1-5H3/t17-,18+,19-,20+,21-,22+,23+,24+,25-/m0/s1. The molecule has 0 aromatic rings. The summed E-state index contributed by atoms with van der Waals surface area (Å²) in [6.45, 7) is 9.18. The highest BCUT2D eigenvalue weighted by molar-refractivity contribution is 5.67. The molecule has 0 spiro atoms. The molecule has 0 radical (unpaired) electrons. The van der Waals surface area contributed by atoms with E-state index in [1.807, 2.05) is 0 Å². The maximum absolute atomic E-state index is 12.1. The Bertz CT molecular complexity index is 748. The Kier molecular flexibility index (Phi) is 5.89. The highest BCUT2D eigenvalue weighted by Gasteiger charge is 2.63. The number of carbonyl (C=O) groups is 3. The first-order valence-electron chi connectivity index (χ1n) is 12.0. The van der Waals surface area contributed by atoms with E-state index in [0.717, 1.165) is 51.4 Å². The minimum Gasteiger partial charge on any atom is -0.463 e. The number of hydrogen-bond acceptors (Lipinski definition) is 6. The maximum Gasteiger partial charge on any atom is 0.302 e. The molecule has 0 aromatic heterocycles. The molecule has 0 bridgehead atoms. The first kappa shape index (κ1) is 22.6. The van der Waals surface area contributed by atoms with Crippen LogP contribution in [0.25, 0.3) is 0 Å². The molecule has 6 nitrogen and oxygen atoms in total. The van der Waals surface area contributed by atoms with Gasteiger partial charge in [0.05, 0.1) is 0 Å². The summed E-state index contributed by atoms with van der Waals surface area (Å²) in [5.41, 5.74) is 0.0973. The van der Waals surface area contributed by atoms with Gasteiger partial charge in [-0.3, -0.25) is 14.4 Å². The van der Waals surface area contributed by atoms with Gasteiger partial charge in [0, 0.05) is 26.7 Å². The van der Waals surface area contributed by atoms with Crippen LogP contribution in [0.4, 0.5) is 0 Å². The van der Waals surface area contributed by atoms with Gasteiger partial charge in [0.2, 0.25) is 0 Å². The van der Waals surface area contributed by atoms with E-state index in [2.05, 4.69) is 13.8 Å². The van der Waals surface area contributed by atoms with Crippen LogP contribution >= 0.6 is 0 Å². The minimum atomic E-state index is -0.209. The van der Waals surface area contributed by atoms with Crippen LogP contribution in [-0.2, 0) is 28.6 Å². The number of ether oxygens (including phenoxy) is 3. The molecule has 0 unspecified atom stereocenters. The molecular formula is C25H38O6. The van der Waals surface area contributed by atoms with E-state index in [0.29, 0.717) is 23.7 Å². The van der Waals surface area contributed by atoms with Gasteiger partial charge >= 0.3 is 17.9 Å². The number of carbonyl (C=O) groups excluding carboxylic acids is 3. The molecule has 4 rings (SSSR count). The van der Waals surface area contributed by atoms with Crippen molar-refractivity contribution in [3.05, 3.63) is 0 Å². The van der Waals surface area contributed by atoms with Crippen LogP contribution < -0.4 is 0 Å². The summed E-state index contributed by atoms with van der Waals surface area (Å²) in [6, 6.07) is 0. The Morgan fingerprint density at radius 2 is 1.42 bits per heavy atom. The second-order valence-corrected chi connectivity index (χ2v) is 11.3. The van der Waals surface area contributed by atoms with E-state index in [4.69, 9.17) is 14.2 Å². The third-order valence-corrected chi connectivity index (χ3v) is 9.23. The molecule has 0 aliphatic heterocycles. The minimum absolute atomic E-state index is 0.00739. The van der Waals surface area contributed by atoms with E-state index < -0.39 is 0 Å². The van der Waals surface area contributed by atoms with E-state index in [-0.39, 0.29) is 47.0 Å². The Morgan fingerprint density at radius 3 is 2.06 bits per heavy atom. The van der Waals surface area contributed by atoms with Gasteiger partial charge in [-0.2, -0.15) is 0 Å². The lowest BCUT2D eigenvalue weighted by Crippen LogP contribution is -2.59. The van der Waals surface area contributed by atoms with E-state index in [1.165, 1.54) is 20.8 Å². The van der Waals surface area contributed by atoms with Crippen LogP contribution in [0.1, 0.15) is 86.0 Å². The van der Waals surface area contributed by atoms with Crippen LogP contribution in [0.3, 0.4) is 0 Å². The lowest BCUT2D eigenvalue weighted by molar-refractivity contribution is -0.197. The second kappa shape index (κ2) is 8.08. The molecule has 6 heteroatoms.